The van der Waals surface area contributed by atoms with Gasteiger partial charge in [0, 0.05) is 28.3 Å². The summed E-state index contributed by atoms with van der Waals surface area (Å²) in [5, 5.41) is 4.72. The first-order valence-electron chi connectivity index (χ1n) is 14.4. The van der Waals surface area contributed by atoms with Crippen molar-refractivity contribution in [2.45, 2.75) is 38.3 Å². The number of amides is 2. The van der Waals surface area contributed by atoms with Gasteiger partial charge in [-0.05, 0) is 85.4 Å². The average Bonchev–Trinajstić information content (AvgIpc) is 3.66. The Hall–Kier alpha value is -4.15. The molecule has 3 heterocycles. The lowest BCUT2D eigenvalue weighted by molar-refractivity contribution is -0.120. The fraction of sp³-hybridized carbons (Fsp3) is 0.303. The summed E-state index contributed by atoms with van der Waals surface area (Å²) < 4.78 is 35.5. The van der Waals surface area contributed by atoms with Gasteiger partial charge >= 0.3 is 0 Å². The maximum absolute atomic E-state index is 15.6. The number of aromatic nitrogens is 1. The Bertz CT molecular complexity index is 1640. The van der Waals surface area contributed by atoms with E-state index in [1.165, 1.54) is 53.3 Å². The van der Waals surface area contributed by atoms with Crippen molar-refractivity contribution in [3.63, 3.8) is 0 Å². The van der Waals surface area contributed by atoms with Gasteiger partial charge in [0.05, 0.1) is 13.7 Å². The zero-order valence-corrected chi connectivity index (χ0v) is 24.8. The molecule has 1 saturated heterocycles. The molecular formula is C33H32F2N4O3S. The molecule has 2 aliphatic rings. The lowest BCUT2D eigenvalue weighted by Crippen LogP contribution is -2.38. The van der Waals surface area contributed by atoms with Crippen LogP contribution in [0.2, 0.25) is 0 Å². The molecule has 222 valence electrons. The molecule has 0 aliphatic carbocycles. The fourth-order valence-corrected chi connectivity index (χ4v) is 6.65. The Labute approximate surface area is 253 Å². The van der Waals surface area contributed by atoms with Gasteiger partial charge in [0.1, 0.15) is 23.4 Å². The zero-order chi connectivity index (χ0) is 30.1. The van der Waals surface area contributed by atoms with Crippen LogP contribution < -0.4 is 10.1 Å². The molecule has 7 nitrogen and oxygen atoms in total. The second-order valence-electron chi connectivity index (χ2n) is 10.9. The molecule has 0 unspecified atom stereocenters. The number of anilines is 1. The van der Waals surface area contributed by atoms with E-state index < -0.39 is 29.5 Å². The summed E-state index contributed by atoms with van der Waals surface area (Å²) in [7, 11) is 1.40. The summed E-state index contributed by atoms with van der Waals surface area (Å²) in [5.41, 5.74) is 3.16. The highest BCUT2D eigenvalue weighted by Gasteiger charge is 2.40. The predicted octanol–water partition coefficient (Wildman–Crippen LogP) is 6.63. The molecule has 1 atom stereocenters. The number of benzene rings is 3. The molecular weight excluding hydrogens is 570 g/mol. The maximum Gasteiger partial charge on any atom is 0.255 e. The molecule has 2 aliphatic heterocycles. The Morgan fingerprint density at radius 2 is 1.86 bits per heavy atom. The number of piperidine rings is 1. The van der Waals surface area contributed by atoms with Crippen molar-refractivity contribution in [1.29, 1.82) is 0 Å². The van der Waals surface area contributed by atoms with Crippen LogP contribution in [0.25, 0.3) is 11.1 Å². The second-order valence-corrected chi connectivity index (χ2v) is 11.8. The molecule has 43 heavy (non-hydrogen) atoms. The van der Waals surface area contributed by atoms with E-state index in [1.807, 2.05) is 12.1 Å². The van der Waals surface area contributed by atoms with Gasteiger partial charge in [-0.2, -0.15) is 0 Å². The number of nitrogens with one attached hydrogen (secondary N) is 1. The van der Waals surface area contributed by atoms with E-state index >= 15 is 4.39 Å². The molecule has 2 amide bonds. The molecule has 1 fully saturated rings. The Morgan fingerprint density at radius 3 is 2.53 bits per heavy atom. The standard InChI is InChI=1S/C33H32F2N4O3S/c1-3-38-13-10-22(11-14-38)20-4-6-21(7-5-20)23-16-25-27(28(35)17-23)19-39(32(25)41)30(31(40)37-33-36-12-15-43-33)26-18-24(34)8-9-29(26)42-2/h4-9,12,15-18,22,30H,3,10-11,13-14,19H2,1-2H3,(H,36,37,40)/t30-/m1/s1. The normalized spacial score (nSPS) is 16.3. The first kappa shape index (κ1) is 28.9. The van der Waals surface area contributed by atoms with E-state index in [9.17, 15) is 14.0 Å². The molecule has 1 aromatic heterocycles. The van der Waals surface area contributed by atoms with Gasteiger partial charge in [-0.15, -0.1) is 11.3 Å². The highest BCUT2D eigenvalue weighted by molar-refractivity contribution is 7.13. The first-order valence-corrected chi connectivity index (χ1v) is 15.2. The van der Waals surface area contributed by atoms with Gasteiger partial charge in [0.25, 0.3) is 11.8 Å². The molecule has 3 aromatic carbocycles. The zero-order valence-electron chi connectivity index (χ0n) is 24.0. The summed E-state index contributed by atoms with van der Waals surface area (Å²) in [5.74, 6) is -1.55. The molecule has 0 bridgehead atoms. The van der Waals surface area contributed by atoms with E-state index in [0.29, 0.717) is 16.6 Å². The predicted molar refractivity (Wildman–Crippen MR) is 162 cm³/mol. The van der Waals surface area contributed by atoms with Crippen LogP contribution in [0, 0.1) is 11.6 Å². The first-order chi connectivity index (χ1) is 20.9. The average molecular weight is 603 g/mol. The lowest BCUT2D eigenvalue weighted by atomic mass is 9.88. The molecule has 1 N–H and O–H groups in total. The van der Waals surface area contributed by atoms with E-state index in [4.69, 9.17) is 4.74 Å². The molecule has 4 aromatic rings. The van der Waals surface area contributed by atoms with E-state index in [-0.39, 0.29) is 29.0 Å². The fourth-order valence-electron chi connectivity index (χ4n) is 6.12. The maximum atomic E-state index is 15.6. The van der Waals surface area contributed by atoms with Crippen LogP contribution in [0.1, 0.15) is 58.8 Å². The van der Waals surface area contributed by atoms with Crippen LogP contribution in [-0.4, -0.2) is 53.3 Å². The number of thiazole rings is 1. The van der Waals surface area contributed by atoms with Gasteiger partial charge in [-0.1, -0.05) is 31.2 Å². The van der Waals surface area contributed by atoms with Crippen LogP contribution >= 0.6 is 11.3 Å². The number of hydrogen-bond donors (Lipinski definition) is 1. The van der Waals surface area contributed by atoms with Gasteiger partial charge in [-0.25, -0.2) is 13.8 Å². The van der Waals surface area contributed by atoms with Gasteiger partial charge in [0.2, 0.25) is 0 Å². The summed E-state index contributed by atoms with van der Waals surface area (Å²) in [6.45, 7) is 5.26. The monoisotopic (exact) mass is 602 g/mol. The quantitative estimate of drug-likeness (QED) is 0.245. The molecule has 0 radical (unpaired) electrons. The van der Waals surface area contributed by atoms with E-state index in [2.05, 4.69) is 34.3 Å². The summed E-state index contributed by atoms with van der Waals surface area (Å²) in [4.78, 5) is 35.3. The number of nitrogens with zero attached hydrogens (tertiary/aromatic N) is 3. The highest BCUT2D eigenvalue weighted by Crippen LogP contribution is 2.39. The van der Waals surface area contributed by atoms with Gasteiger partial charge in [-0.3, -0.25) is 14.9 Å². The molecule has 0 saturated carbocycles. The molecule has 0 spiro atoms. The van der Waals surface area contributed by atoms with Gasteiger partial charge < -0.3 is 14.5 Å². The minimum atomic E-state index is -1.30. The minimum Gasteiger partial charge on any atom is -0.496 e. The topological polar surface area (TPSA) is 74.8 Å². The number of fused-ring (bicyclic) bond motifs is 1. The van der Waals surface area contributed by atoms with Crippen molar-refractivity contribution in [2.75, 3.05) is 32.1 Å². The Kier molecular flexibility index (Phi) is 8.23. The number of carbonyl (C=O) groups is 2. The van der Waals surface area contributed by atoms with Crippen LogP contribution in [0.3, 0.4) is 0 Å². The largest absolute Gasteiger partial charge is 0.496 e. The molecule has 10 heteroatoms. The summed E-state index contributed by atoms with van der Waals surface area (Å²) >= 11 is 1.21. The summed E-state index contributed by atoms with van der Waals surface area (Å²) in [6.07, 6.45) is 3.75. The number of hydrogen-bond acceptors (Lipinski definition) is 6. The number of ether oxygens (including phenoxy) is 1. The Balaban J connectivity index is 1.30. The highest BCUT2D eigenvalue weighted by atomic mass is 32.1. The second kappa shape index (κ2) is 12.2. The van der Waals surface area contributed by atoms with Crippen LogP contribution in [0.5, 0.6) is 5.75 Å². The van der Waals surface area contributed by atoms with Crippen molar-refractivity contribution in [1.82, 2.24) is 14.8 Å². The van der Waals surface area contributed by atoms with E-state index in [1.54, 1.807) is 11.4 Å². The van der Waals surface area contributed by atoms with Crippen molar-refractivity contribution < 1.29 is 23.1 Å². The summed E-state index contributed by atoms with van der Waals surface area (Å²) in [6, 6.07) is 13.7. The van der Waals surface area contributed by atoms with Crippen LogP contribution in [0.4, 0.5) is 13.9 Å². The third-order valence-electron chi connectivity index (χ3n) is 8.47. The Morgan fingerprint density at radius 1 is 1.09 bits per heavy atom. The SMILES string of the molecule is CCN1CCC(c2ccc(-c3cc(F)c4c(c3)C(=O)N([C@@H](C(=O)Nc3nccs3)c3cc(F)ccc3OC)C4)cc2)CC1. The van der Waals surface area contributed by atoms with Crippen molar-refractivity contribution in [3.05, 3.63) is 100 Å². The lowest BCUT2D eigenvalue weighted by Gasteiger charge is -2.31. The third kappa shape index (κ3) is 5.77. The molecule has 6 rings (SSSR count). The van der Waals surface area contributed by atoms with Crippen molar-refractivity contribution >= 4 is 28.3 Å². The van der Waals surface area contributed by atoms with E-state index in [0.717, 1.165) is 44.1 Å². The smallest absolute Gasteiger partial charge is 0.255 e. The van der Waals surface area contributed by atoms with Crippen molar-refractivity contribution in [2.24, 2.45) is 0 Å². The van der Waals surface area contributed by atoms with Crippen LogP contribution in [0.15, 0.2) is 66.2 Å². The number of methoxy groups -OCH3 is 1. The number of halogens is 2. The van der Waals surface area contributed by atoms with Crippen LogP contribution in [-0.2, 0) is 11.3 Å². The minimum absolute atomic E-state index is 0.152. The van der Waals surface area contributed by atoms with Crippen molar-refractivity contribution in [3.8, 4) is 16.9 Å². The number of carbonyl (C=O) groups excluding carboxylic acids is 2. The number of likely N-dealkylation sites (tertiary alicyclic amines) is 1. The number of rotatable bonds is 8. The van der Waals surface area contributed by atoms with Gasteiger partial charge in [0.15, 0.2) is 5.13 Å². The third-order valence-corrected chi connectivity index (χ3v) is 9.16.